The third-order valence-corrected chi connectivity index (χ3v) is 2.92. The van der Waals surface area contributed by atoms with Crippen molar-refractivity contribution in [3.63, 3.8) is 0 Å². The van der Waals surface area contributed by atoms with Crippen molar-refractivity contribution in [2.75, 3.05) is 13.6 Å². The van der Waals surface area contributed by atoms with Crippen LogP contribution in [0.5, 0.6) is 0 Å². The molecule has 1 rings (SSSR count). The Morgan fingerprint density at radius 1 is 1.47 bits per heavy atom. The molecule has 0 heterocycles. The van der Waals surface area contributed by atoms with Crippen LogP contribution in [0.4, 0.5) is 0 Å². The molecule has 0 aliphatic heterocycles. The first kappa shape index (κ1) is 12.0. The molecule has 1 aliphatic rings. The van der Waals surface area contributed by atoms with Crippen LogP contribution in [-0.4, -0.2) is 41.5 Å². The maximum atomic E-state index is 11.5. The van der Waals surface area contributed by atoms with Gasteiger partial charge in [0.25, 0.3) is 5.91 Å². The van der Waals surface area contributed by atoms with E-state index in [4.69, 9.17) is 10.8 Å². The molecule has 1 aliphatic carbocycles. The number of rotatable bonds is 4. The standard InChI is InChI=1S/C10H18N2O3/c1-12(6-7-4-2-3-5-7)9(13)8(11)10(14)15/h7-8H,2-6,11H2,1H3,(H,14,15). The van der Waals surface area contributed by atoms with Gasteiger partial charge in [-0.05, 0) is 18.8 Å². The van der Waals surface area contributed by atoms with Crippen molar-refractivity contribution < 1.29 is 14.7 Å². The quantitative estimate of drug-likeness (QED) is 0.647. The third-order valence-electron chi connectivity index (χ3n) is 2.92. The van der Waals surface area contributed by atoms with Gasteiger partial charge in [0.2, 0.25) is 0 Å². The van der Waals surface area contributed by atoms with Crippen LogP contribution < -0.4 is 5.73 Å². The molecule has 1 unspecified atom stereocenters. The van der Waals surface area contributed by atoms with Crippen LogP contribution in [0, 0.1) is 5.92 Å². The van der Waals surface area contributed by atoms with Gasteiger partial charge in [-0.25, -0.2) is 4.79 Å². The van der Waals surface area contributed by atoms with Crippen LogP contribution >= 0.6 is 0 Å². The molecule has 0 radical (unpaired) electrons. The van der Waals surface area contributed by atoms with Gasteiger partial charge in [0.05, 0.1) is 0 Å². The Balaban J connectivity index is 2.41. The normalized spacial score (nSPS) is 18.8. The summed E-state index contributed by atoms with van der Waals surface area (Å²) in [7, 11) is 1.61. The minimum atomic E-state index is -1.42. The topological polar surface area (TPSA) is 83.6 Å². The van der Waals surface area contributed by atoms with Gasteiger partial charge in [-0.3, -0.25) is 4.79 Å². The van der Waals surface area contributed by atoms with E-state index in [0.717, 1.165) is 12.8 Å². The molecule has 1 amide bonds. The predicted molar refractivity (Wildman–Crippen MR) is 55.2 cm³/mol. The van der Waals surface area contributed by atoms with E-state index in [9.17, 15) is 9.59 Å². The maximum Gasteiger partial charge on any atom is 0.330 e. The number of carboxylic acid groups (broad SMARTS) is 1. The molecular formula is C10H18N2O3. The zero-order valence-corrected chi connectivity index (χ0v) is 8.98. The molecule has 1 saturated carbocycles. The lowest BCUT2D eigenvalue weighted by Crippen LogP contribution is -2.47. The zero-order chi connectivity index (χ0) is 11.4. The summed E-state index contributed by atoms with van der Waals surface area (Å²) in [6.45, 7) is 0.625. The number of likely N-dealkylation sites (N-methyl/N-ethyl adjacent to an activating group) is 1. The second kappa shape index (κ2) is 5.11. The van der Waals surface area contributed by atoms with Gasteiger partial charge in [0, 0.05) is 13.6 Å². The van der Waals surface area contributed by atoms with Crippen molar-refractivity contribution >= 4 is 11.9 Å². The number of carboxylic acids is 1. The fraction of sp³-hybridized carbons (Fsp3) is 0.800. The Bertz CT molecular complexity index is 249. The lowest BCUT2D eigenvalue weighted by atomic mass is 10.1. The van der Waals surface area contributed by atoms with Crippen LogP contribution in [0.2, 0.25) is 0 Å². The molecule has 0 aromatic rings. The molecule has 5 nitrogen and oxygen atoms in total. The number of carbonyl (C=O) groups is 2. The van der Waals surface area contributed by atoms with Crippen LogP contribution in [0.25, 0.3) is 0 Å². The molecule has 15 heavy (non-hydrogen) atoms. The highest BCUT2D eigenvalue weighted by atomic mass is 16.4. The second-order valence-corrected chi connectivity index (χ2v) is 4.19. The first-order chi connectivity index (χ1) is 7.02. The molecule has 1 atom stereocenters. The summed E-state index contributed by atoms with van der Waals surface area (Å²) < 4.78 is 0. The average Bonchev–Trinajstić information content (AvgIpc) is 2.67. The lowest BCUT2D eigenvalue weighted by Gasteiger charge is -2.22. The lowest BCUT2D eigenvalue weighted by molar-refractivity contribution is -0.146. The molecule has 3 N–H and O–H groups in total. The van der Waals surface area contributed by atoms with Crippen LogP contribution in [0.15, 0.2) is 0 Å². The summed E-state index contributed by atoms with van der Waals surface area (Å²) in [5, 5.41) is 8.59. The molecule has 1 fully saturated rings. The van der Waals surface area contributed by atoms with E-state index in [1.54, 1.807) is 7.05 Å². The van der Waals surface area contributed by atoms with Gasteiger partial charge in [0.15, 0.2) is 6.04 Å². The van der Waals surface area contributed by atoms with E-state index >= 15 is 0 Å². The Kier molecular flexibility index (Phi) is 4.08. The van der Waals surface area contributed by atoms with Crippen LogP contribution in [0.3, 0.4) is 0 Å². The molecule has 0 spiro atoms. The highest BCUT2D eigenvalue weighted by Crippen LogP contribution is 2.25. The Morgan fingerprint density at radius 2 is 2.00 bits per heavy atom. The molecule has 0 bridgehead atoms. The van der Waals surface area contributed by atoms with Gasteiger partial charge >= 0.3 is 5.97 Å². The second-order valence-electron chi connectivity index (χ2n) is 4.19. The van der Waals surface area contributed by atoms with E-state index in [-0.39, 0.29) is 0 Å². The fourth-order valence-corrected chi connectivity index (χ4v) is 2.01. The smallest absolute Gasteiger partial charge is 0.330 e. The number of hydrogen-bond donors (Lipinski definition) is 2. The van der Waals surface area contributed by atoms with Crippen molar-refractivity contribution in [1.82, 2.24) is 4.90 Å². The molecular weight excluding hydrogens is 196 g/mol. The Hall–Kier alpha value is -1.10. The van der Waals surface area contributed by atoms with Crippen molar-refractivity contribution in [1.29, 1.82) is 0 Å². The molecule has 0 saturated heterocycles. The van der Waals surface area contributed by atoms with E-state index in [1.165, 1.54) is 17.7 Å². The zero-order valence-electron chi connectivity index (χ0n) is 8.98. The number of carbonyl (C=O) groups excluding carboxylic acids is 1. The summed E-state index contributed by atoms with van der Waals surface area (Å²) in [5.74, 6) is -1.26. The Morgan fingerprint density at radius 3 is 2.47 bits per heavy atom. The average molecular weight is 214 g/mol. The van der Waals surface area contributed by atoms with Crippen molar-refractivity contribution in [3.8, 4) is 0 Å². The number of nitrogens with zero attached hydrogens (tertiary/aromatic N) is 1. The molecule has 0 aromatic heterocycles. The van der Waals surface area contributed by atoms with Crippen LogP contribution in [0.1, 0.15) is 25.7 Å². The first-order valence-corrected chi connectivity index (χ1v) is 5.25. The monoisotopic (exact) mass is 214 g/mol. The number of hydrogen-bond acceptors (Lipinski definition) is 3. The summed E-state index contributed by atoms with van der Waals surface area (Å²) in [6, 6.07) is -1.42. The maximum absolute atomic E-state index is 11.5. The largest absolute Gasteiger partial charge is 0.480 e. The van der Waals surface area contributed by atoms with E-state index < -0.39 is 17.9 Å². The van der Waals surface area contributed by atoms with Crippen LogP contribution in [-0.2, 0) is 9.59 Å². The van der Waals surface area contributed by atoms with Crippen molar-refractivity contribution in [3.05, 3.63) is 0 Å². The van der Waals surface area contributed by atoms with Gasteiger partial charge in [-0.2, -0.15) is 0 Å². The van der Waals surface area contributed by atoms with Gasteiger partial charge < -0.3 is 15.7 Å². The Labute approximate surface area is 89.2 Å². The van der Waals surface area contributed by atoms with E-state index in [0.29, 0.717) is 12.5 Å². The van der Waals surface area contributed by atoms with E-state index in [2.05, 4.69) is 0 Å². The molecule has 0 aromatic carbocycles. The highest BCUT2D eigenvalue weighted by molar-refractivity contribution is 6.00. The highest BCUT2D eigenvalue weighted by Gasteiger charge is 2.26. The first-order valence-electron chi connectivity index (χ1n) is 5.25. The van der Waals surface area contributed by atoms with Crippen molar-refractivity contribution in [2.24, 2.45) is 11.7 Å². The number of nitrogens with two attached hydrogens (primary N) is 1. The molecule has 5 heteroatoms. The fourth-order valence-electron chi connectivity index (χ4n) is 2.01. The third kappa shape index (κ3) is 3.20. The minimum absolute atomic E-state index is 0.505. The van der Waals surface area contributed by atoms with Gasteiger partial charge in [-0.1, -0.05) is 12.8 Å². The summed E-state index contributed by atoms with van der Waals surface area (Å²) in [6.07, 6.45) is 4.66. The van der Waals surface area contributed by atoms with Crippen molar-refractivity contribution in [2.45, 2.75) is 31.7 Å². The van der Waals surface area contributed by atoms with Gasteiger partial charge in [0.1, 0.15) is 0 Å². The summed E-state index contributed by atoms with van der Waals surface area (Å²) >= 11 is 0. The molecule has 86 valence electrons. The van der Waals surface area contributed by atoms with Gasteiger partial charge in [-0.15, -0.1) is 0 Å². The minimum Gasteiger partial charge on any atom is -0.480 e. The predicted octanol–water partition coefficient (Wildman–Crippen LogP) is 0.0469. The number of aliphatic carboxylic acids is 1. The summed E-state index contributed by atoms with van der Waals surface area (Å²) in [5.41, 5.74) is 5.24. The van der Waals surface area contributed by atoms with E-state index in [1.807, 2.05) is 0 Å². The summed E-state index contributed by atoms with van der Waals surface area (Å²) in [4.78, 5) is 23.4. The SMILES string of the molecule is CN(CC1CCCC1)C(=O)C(N)C(=O)O. The number of amides is 1.